The van der Waals surface area contributed by atoms with Crippen molar-refractivity contribution in [2.24, 2.45) is 5.73 Å². The number of fused-ring (bicyclic) bond motifs is 1. The summed E-state index contributed by atoms with van der Waals surface area (Å²) in [5, 5.41) is 10.1. The molecule has 0 aliphatic rings. The van der Waals surface area contributed by atoms with Gasteiger partial charge >= 0.3 is 0 Å². The Bertz CT molecular complexity index is 1220. The largest absolute Gasteiger partial charge is 0.322 e. The summed E-state index contributed by atoms with van der Waals surface area (Å²) in [6, 6.07) is 11.1. The van der Waals surface area contributed by atoms with E-state index in [0.717, 1.165) is 5.56 Å². The Morgan fingerprint density at radius 1 is 1.13 bits per heavy atom. The highest BCUT2D eigenvalue weighted by atomic mass is 19.1. The lowest BCUT2D eigenvalue weighted by atomic mass is 10.1. The molecule has 0 spiro atoms. The zero-order valence-corrected chi connectivity index (χ0v) is 15.6. The zero-order chi connectivity index (χ0) is 21.1. The van der Waals surface area contributed by atoms with Gasteiger partial charge in [-0.2, -0.15) is 5.10 Å². The van der Waals surface area contributed by atoms with E-state index in [1.165, 1.54) is 30.5 Å². The topological polar surface area (TPSA) is 96.7 Å². The number of halogens is 2. The summed E-state index contributed by atoms with van der Waals surface area (Å²) >= 11 is 0. The van der Waals surface area contributed by atoms with Crippen LogP contribution < -0.4 is 11.1 Å². The molecule has 4 aromatic rings. The van der Waals surface area contributed by atoms with E-state index in [0.29, 0.717) is 22.2 Å². The van der Waals surface area contributed by atoms with Crippen molar-refractivity contribution in [3.05, 3.63) is 89.4 Å². The summed E-state index contributed by atoms with van der Waals surface area (Å²) in [5.74, 6) is -1.50. The minimum absolute atomic E-state index is 0.00956. The van der Waals surface area contributed by atoms with E-state index in [-0.39, 0.29) is 11.5 Å². The molecular formula is C22H17F2N5O. The SMILES string of the molecule is NC(C(=O)Nc1cc2c(/C=C/c3ccc(F)cc3)n[nH]c2cc1F)c1cccnc1. The third-order valence-corrected chi connectivity index (χ3v) is 4.57. The van der Waals surface area contributed by atoms with E-state index in [1.54, 1.807) is 42.6 Å². The Labute approximate surface area is 170 Å². The van der Waals surface area contributed by atoms with E-state index in [9.17, 15) is 13.6 Å². The van der Waals surface area contributed by atoms with Gasteiger partial charge in [-0.05, 0) is 41.5 Å². The molecule has 150 valence electrons. The number of aromatic nitrogens is 3. The lowest BCUT2D eigenvalue weighted by Crippen LogP contribution is -2.28. The molecule has 8 heteroatoms. The van der Waals surface area contributed by atoms with E-state index in [1.807, 2.05) is 0 Å². The smallest absolute Gasteiger partial charge is 0.246 e. The van der Waals surface area contributed by atoms with Gasteiger partial charge in [-0.15, -0.1) is 0 Å². The lowest BCUT2D eigenvalue weighted by molar-refractivity contribution is -0.117. The molecule has 0 aliphatic heterocycles. The maximum Gasteiger partial charge on any atom is 0.246 e. The highest BCUT2D eigenvalue weighted by molar-refractivity contribution is 5.99. The van der Waals surface area contributed by atoms with Crippen molar-refractivity contribution >= 4 is 34.6 Å². The molecule has 0 aliphatic carbocycles. The molecule has 1 atom stereocenters. The molecule has 6 nitrogen and oxygen atoms in total. The van der Waals surface area contributed by atoms with Gasteiger partial charge in [0, 0.05) is 23.8 Å². The fourth-order valence-electron chi connectivity index (χ4n) is 2.95. The number of pyridine rings is 1. The fraction of sp³-hybridized carbons (Fsp3) is 0.0455. The lowest BCUT2D eigenvalue weighted by Gasteiger charge is -2.13. The van der Waals surface area contributed by atoms with Gasteiger partial charge < -0.3 is 11.1 Å². The Kier molecular flexibility index (Phi) is 5.32. The van der Waals surface area contributed by atoms with Gasteiger partial charge in [-0.1, -0.05) is 24.3 Å². The highest BCUT2D eigenvalue weighted by Crippen LogP contribution is 2.26. The number of carbonyl (C=O) groups excluding carboxylic acids is 1. The Morgan fingerprint density at radius 3 is 2.67 bits per heavy atom. The quantitative estimate of drug-likeness (QED) is 0.467. The van der Waals surface area contributed by atoms with E-state index >= 15 is 0 Å². The first-order valence-electron chi connectivity index (χ1n) is 9.09. The Balaban J connectivity index is 1.60. The van der Waals surface area contributed by atoms with Gasteiger partial charge in [0.05, 0.1) is 16.9 Å². The maximum atomic E-state index is 14.5. The number of hydrogen-bond acceptors (Lipinski definition) is 4. The van der Waals surface area contributed by atoms with E-state index in [2.05, 4.69) is 20.5 Å². The van der Waals surface area contributed by atoms with Crippen molar-refractivity contribution in [3.8, 4) is 0 Å². The molecule has 0 saturated heterocycles. The summed E-state index contributed by atoms with van der Waals surface area (Å²) in [5.41, 5.74) is 8.26. The van der Waals surface area contributed by atoms with Crippen LogP contribution in [0.1, 0.15) is 22.9 Å². The van der Waals surface area contributed by atoms with Crippen LogP contribution >= 0.6 is 0 Å². The number of nitrogens with one attached hydrogen (secondary N) is 2. The van der Waals surface area contributed by atoms with Crippen LogP contribution in [0.25, 0.3) is 23.1 Å². The number of nitrogens with two attached hydrogens (primary N) is 1. The van der Waals surface area contributed by atoms with Gasteiger partial charge in [-0.25, -0.2) is 8.78 Å². The van der Waals surface area contributed by atoms with Crippen LogP contribution in [0.15, 0.2) is 60.9 Å². The molecule has 4 rings (SSSR count). The van der Waals surface area contributed by atoms with Crippen molar-refractivity contribution in [2.75, 3.05) is 5.32 Å². The molecule has 30 heavy (non-hydrogen) atoms. The fourth-order valence-corrected chi connectivity index (χ4v) is 2.95. The van der Waals surface area contributed by atoms with Gasteiger partial charge in [0.1, 0.15) is 17.7 Å². The summed E-state index contributed by atoms with van der Waals surface area (Å²) in [6.07, 6.45) is 6.53. The number of carbonyl (C=O) groups is 1. The molecular weight excluding hydrogens is 388 g/mol. The minimum Gasteiger partial charge on any atom is -0.322 e. The van der Waals surface area contributed by atoms with Crippen molar-refractivity contribution in [2.45, 2.75) is 6.04 Å². The number of benzene rings is 2. The predicted molar refractivity (Wildman–Crippen MR) is 111 cm³/mol. The summed E-state index contributed by atoms with van der Waals surface area (Å²) in [6.45, 7) is 0. The number of nitrogens with zero attached hydrogens (tertiary/aromatic N) is 2. The first-order valence-corrected chi connectivity index (χ1v) is 9.09. The second-order valence-electron chi connectivity index (χ2n) is 6.62. The normalized spacial score (nSPS) is 12.4. The average molecular weight is 405 g/mol. The van der Waals surface area contributed by atoms with Gasteiger partial charge in [-0.3, -0.25) is 14.9 Å². The third-order valence-electron chi connectivity index (χ3n) is 4.57. The zero-order valence-electron chi connectivity index (χ0n) is 15.6. The number of aromatic amines is 1. The Hall–Kier alpha value is -3.91. The summed E-state index contributed by atoms with van der Waals surface area (Å²) in [7, 11) is 0. The van der Waals surface area contributed by atoms with Gasteiger partial charge in [0.15, 0.2) is 0 Å². The monoisotopic (exact) mass is 405 g/mol. The van der Waals surface area contributed by atoms with Crippen LogP contribution in [0.3, 0.4) is 0 Å². The molecule has 1 unspecified atom stereocenters. The standard InChI is InChI=1S/C22H17F2N5O/c23-15-6-3-13(4-7-15)5-8-18-16-10-20(17(24)11-19(16)29-28-18)27-22(30)21(25)14-2-1-9-26-12-14/h1-12,21H,25H2,(H,27,30)(H,28,29)/b8-5+. The van der Waals surface area contributed by atoms with Gasteiger partial charge in [0.2, 0.25) is 5.91 Å². The van der Waals surface area contributed by atoms with Crippen LogP contribution in [0.2, 0.25) is 0 Å². The van der Waals surface area contributed by atoms with Crippen LogP contribution in [0, 0.1) is 11.6 Å². The van der Waals surface area contributed by atoms with Crippen LogP contribution in [-0.4, -0.2) is 21.1 Å². The van der Waals surface area contributed by atoms with Crippen molar-refractivity contribution < 1.29 is 13.6 Å². The summed E-state index contributed by atoms with van der Waals surface area (Å²) in [4.78, 5) is 16.4. The Morgan fingerprint density at radius 2 is 1.93 bits per heavy atom. The number of H-pyrrole nitrogens is 1. The van der Waals surface area contributed by atoms with Crippen molar-refractivity contribution in [1.82, 2.24) is 15.2 Å². The number of anilines is 1. The molecule has 0 fully saturated rings. The molecule has 0 radical (unpaired) electrons. The van der Waals surface area contributed by atoms with Crippen molar-refractivity contribution in [3.63, 3.8) is 0 Å². The molecule has 0 bridgehead atoms. The molecule has 2 aromatic carbocycles. The number of amides is 1. The molecule has 0 saturated carbocycles. The minimum atomic E-state index is -0.990. The average Bonchev–Trinajstić information content (AvgIpc) is 3.15. The van der Waals surface area contributed by atoms with Crippen molar-refractivity contribution in [1.29, 1.82) is 0 Å². The van der Waals surface area contributed by atoms with E-state index in [4.69, 9.17) is 5.73 Å². The second kappa shape index (κ2) is 8.22. The number of hydrogen-bond donors (Lipinski definition) is 3. The van der Waals surface area contributed by atoms with Crippen LogP contribution in [-0.2, 0) is 4.79 Å². The molecule has 2 aromatic heterocycles. The second-order valence-corrected chi connectivity index (χ2v) is 6.62. The molecule has 1 amide bonds. The van der Waals surface area contributed by atoms with Gasteiger partial charge in [0.25, 0.3) is 0 Å². The molecule has 2 heterocycles. The number of rotatable bonds is 5. The first-order chi connectivity index (χ1) is 14.5. The predicted octanol–water partition coefficient (Wildman–Crippen LogP) is 4.05. The summed E-state index contributed by atoms with van der Waals surface area (Å²) < 4.78 is 27.5. The van der Waals surface area contributed by atoms with E-state index < -0.39 is 17.8 Å². The maximum absolute atomic E-state index is 14.5. The van der Waals surface area contributed by atoms with Crippen LogP contribution in [0.4, 0.5) is 14.5 Å². The van der Waals surface area contributed by atoms with Crippen LogP contribution in [0.5, 0.6) is 0 Å². The highest BCUT2D eigenvalue weighted by Gasteiger charge is 2.18. The first kappa shape index (κ1) is 19.4. The molecule has 4 N–H and O–H groups in total. The third kappa shape index (κ3) is 4.08.